The maximum atomic E-state index is 12.9. The Bertz CT molecular complexity index is 1070. The Morgan fingerprint density at radius 1 is 1.00 bits per heavy atom. The zero-order valence-electron chi connectivity index (χ0n) is 11.9. The van der Waals surface area contributed by atoms with Crippen LogP contribution in [0.2, 0.25) is 5.15 Å². The lowest BCUT2D eigenvalue weighted by Crippen LogP contribution is -2.04. The number of alkyl halides is 3. The molecular weight excluding hydrogens is 341 g/mol. The Morgan fingerprint density at radius 3 is 2.58 bits per heavy atom. The van der Waals surface area contributed by atoms with Crippen molar-refractivity contribution < 1.29 is 13.2 Å². The topological polar surface area (TPSA) is 43.1 Å². The average molecular weight is 349 g/mol. The fourth-order valence-corrected chi connectivity index (χ4v) is 2.79. The van der Waals surface area contributed by atoms with Gasteiger partial charge >= 0.3 is 6.18 Å². The van der Waals surface area contributed by atoms with E-state index in [0.717, 1.165) is 12.1 Å². The molecule has 120 valence electrons. The first-order chi connectivity index (χ1) is 11.4. The minimum absolute atomic E-state index is 0.244. The number of aromatic nitrogens is 4. The standard InChI is InChI=1S/C16H8ClF3N4/c17-14-11-6-1-2-7-12(11)24-15(21-14)13(22-23-24)9-4-3-5-10(8-9)16(18,19)20/h1-8H. The molecule has 0 fully saturated rings. The van der Waals surface area contributed by atoms with Crippen molar-refractivity contribution in [3.63, 3.8) is 0 Å². The predicted molar refractivity (Wildman–Crippen MR) is 83.7 cm³/mol. The Morgan fingerprint density at radius 2 is 1.79 bits per heavy atom. The Labute approximate surface area is 138 Å². The molecule has 0 saturated carbocycles. The van der Waals surface area contributed by atoms with Crippen LogP contribution < -0.4 is 0 Å². The highest BCUT2D eigenvalue weighted by Gasteiger charge is 2.31. The van der Waals surface area contributed by atoms with Crippen molar-refractivity contribution in [3.8, 4) is 11.3 Å². The van der Waals surface area contributed by atoms with E-state index < -0.39 is 11.7 Å². The summed E-state index contributed by atoms with van der Waals surface area (Å²) in [6.45, 7) is 0. The fraction of sp³-hybridized carbons (Fsp3) is 0.0625. The van der Waals surface area contributed by atoms with Gasteiger partial charge in [-0.1, -0.05) is 41.1 Å². The minimum Gasteiger partial charge on any atom is -0.214 e. The van der Waals surface area contributed by atoms with E-state index in [4.69, 9.17) is 11.6 Å². The van der Waals surface area contributed by atoms with Crippen molar-refractivity contribution in [2.24, 2.45) is 0 Å². The van der Waals surface area contributed by atoms with Gasteiger partial charge in [0.2, 0.25) is 0 Å². The number of hydrogen-bond acceptors (Lipinski definition) is 3. The van der Waals surface area contributed by atoms with Crippen LogP contribution in [0.3, 0.4) is 0 Å². The first kappa shape index (κ1) is 14.9. The van der Waals surface area contributed by atoms with Crippen LogP contribution >= 0.6 is 11.6 Å². The number of halogens is 4. The molecule has 0 bridgehead atoms. The van der Waals surface area contributed by atoms with Gasteiger partial charge in [0.05, 0.1) is 11.1 Å². The molecule has 24 heavy (non-hydrogen) atoms. The summed E-state index contributed by atoms with van der Waals surface area (Å²) in [5, 5.41) is 8.96. The van der Waals surface area contributed by atoms with E-state index in [0.29, 0.717) is 16.6 Å². The quantitative estimate of drug-likeness (QED) is 0.471. The monoisotopic (exact) mass is 348 g/mol. The summed E-state index contributed by atoms with van der Waals surface area (Å²) in [5.74, 6) is 0. The van der Waals surface area contributed by atoms with Crippen LogP contribution in [0.5, 0.6) is 0 Å². The smallest absolute Gasteiger partial charge is 0.214 e. The zero-order chi connectivity index (χ0) is 16.9. The van der Waals surface area contributed by atoms with Crippen LogP contribution in [0.4, 0.5) is 13.2 Å². The maximum Gasteiger partial charge on any atom is 0.416 e. The zero-order valence-corrected chi connectivity index (χ0v) is 12.7. The molecule has 0 N–H and O–H groups in total. The number of rotatable bonds is 1. The maximum absolute atomic E-state index is 12.9. The lowest BCUT2D eigenvalue weighted by molar-refractivity contribution is -0.137. The lowest BCUT2D eigenvalue weighted by Gasteiger charge is -2.07. The van der Waals surface area contributed by atoms with Gasteiger partial charge in [-0.2, -0.15) is 17.7 Å². The highest BCUT2D eigenvalue weighted by molar-refractivity contribution is 6.34. The van der Waals surface area contributed by atoms with E-state index in [-0.39, 0.29) is 16.4 Å². The third-order valence-corrected chi connectivity index (χ3v) is 3.96. The molecule has 0 aliphatic rings. The second-order valence-electron chi connectivity index (χ2n) is 5.17. The molecule has 0 aliphatic carbocycles. The van der Waals surface area contributed by atoms with E-state index in [1.807, 2.05) is 12.1 Å². The van der Waals surface area contributed by atoms with Crippen molar-refractivity contribution >= 4 is 28.2 Å². The van der Waals surface area contributed by atoms with Crippen LogP contribution in [0.25, 0.3) is 27.8 Å². The van der Waals surface area contributed by atoms with E-state index >= 15 is 0 Å². The lowest BCUT2D eigenvalue weighted by atomic mass is 10.1. The van der Waals surface area contributed by atoms with E-state index in [2.05, 4.69) is 15.3 Å². The van der Waals surface area contributed by atoms with Crippen LogP contribution in [0, 0.1) is 0 Å². The Balaban J connectivity index is 1.99. The molecule has 4 nitrogen and oxygen atoms in total. The average Bonchev–Trinajstić information content (AvgIpc) is 2.98. The predicted octanol–water partition coefficient (Wildman–Crippen LogP) is 4.62. The second kappa shape index (κ2) is 5.17. The molecule has 0 saturated heterocycles. The first-order valence-electron chi connectivity index (χ1n) is 6.92. The van der Waals surface area contributed by atoms with Crippen molar-refractivity contribution in [2.75, 3.05) is 0 Å². The van der Waals surface area contributed by atoms with Gasteiger partial charge < -0.3 is 0 Å². The summed E-state index contributed by atoms with van der Waals surface area (Å²) >= 11 is 6.20. The second-order valence-corrected chi connectivity index (χ2v) is 5.53. The number of benzene rings is 2. The number of para-hydroxylation sites is 1. The summed E-state index contributed by atoms with van der Waals surface area (Å²) < 4.78 is 40.2. The third-order valence-electron chi connectivity index (χ3n) is 3.67. The van der Waals surface area contributed by atoms with Crippen LogP contribution in [-0.2, 0) is 6.18 Å². The molecule has 0 aliphatic heterocycles. The van der Waals surface area contributed by atoms with Gasteiger partial charge in [0.15, 0.2) is 5.65 Å². The molecule has 2 aromatic carbocycles. The largest absolute Gasteiger partial charge is 0.416 e. The molecule has 4 rings (SSSR count). The van der Waals surface area contributed by atoms with E-state index in [1.165, 1.54) is 16.6 Å². The van der Waals surface area contributed by atoms with Crippen molar-refractivity contribution in [2.45, 2.75) is 6.18 Å². The SMILES string of the molecule is FC(F)(F)c1cccc(-c2nnn3c2nc(Cl)c2ccccc23)c1. The van der Waals surface area contributed by atoms with Crippen molar-refractivity contribution in [1.82, 2.24) is 19.8 Å². The highest BCUT2D eigenvalue weighted by atomic mass is 35.5. The molecule has 2 heterocycles. The highest BCUT2D eigenvalue weighted by Crippen LogP contribution is 2.33. The van der Waals surface area contributed by atoms with Gasteiger partial charge in [-0.3, -0.25) is 0 Å². The molecule has 0 radical (unpaired) electrons. The number of fused-ring (bicyclic) bond motifs is 3. The first-order valence-corrected chi connectivity index (χ1v) is 7.30. The summed E-state index contributed by atoms with van der Waals surface area (Å²) in [7, 11) is 0. The van der Waals surface area contributed by atoms with Gasteiger partial charge in [-0.15, -0.1) is 5.10 Å². The van der Waals surface area contributed by atoms with Gasteiger partial charge in [0.1, 0.15) is 10.8 Å². The van der Waals surface area contributed by atoms with Gasteiger partial charge in [-0.25, -0.2) is 4.98 Å². The van der Waals surface area contributed by atoms with E-state index in [9.17, 15) is 13.2 Å². The van der Waals surface area contributed by atoms with Crippen molar-refractivity contribution in [1.29, 1.82) is 0 Å². The molecule has 0 unspecified atom stereocenters. The normalized spacial score (nSPS) is 12.2. The molecule has 2 aromatic heterocycles. The summed E-state index contributed by atoms with van der Waals surface area (Å²) in [4.78, 5) is 4.25. The molecule has 0 amide bonds. The molecule has 8 heteroatoms. The minimum atomic E-state index is -4.43. The van der Waals surface area contributed by atoms with Gasteiger partial charge in [-0.05, 0) is 24.3 Å². The number of hydrogen-bond donors (Lipinski definition) is 0. The Hall–Kier alpha value is -2.67. The van der Waals surface area contributed by atoms with Crippen LogP contribution in [-0.4, -0.2) is 19.8 Å². The van der Waals surface area contributed by atoms with E-state index in [1.54, 1.807) is 12.1 Å². The van der Waals surface area contributed by atoms with Gasteiger partial charge in [0, 0.05) is 10.9 Å². The summed E-state index contributed by atoms with van der Waals surface area (Å²) in [6, 6.07) is 12.1. The summed E-state index contributed by atoms with van der Waals surface area (Å²) in [6.07, 6.45) is -4.43. The Kier molecular flexibility index (Phi) is 3.21. The molecule has 0 atom stereocenters. The summed E-state index contributed by atoms with van der Waals surface area (Å²) in [5.41, 5.74) is 0.747. The molecule has 4 aromatic rings. The van der Waals surface area contributed by atoms with Crippen LogP contribution in [0.15, 0.2) is 48.5 Å². The molecule has 0 spiro atoms. The third kappa shape index (κ3) is 2.28. The van der Waals surface area contributed by atoms with Crippen molar-refractivity contribution in [3.05, 3.63) is 59.2 Å². The number of nitrogens with zero attached hydrogens (tertiary/aromatic N) is 4. The van der Waals surface area contributed by atoms with Crippen LogP contribution in [0.1, 0.15) is 5.56 Å². The molecular formula is C16H8ClF3N4. The fourth-order valence-electron chi connectivity index (χ4n) is 2.56. The van der Waals surface area contributed by atoms with Gasteiger partial charge in [0.25, 0.3) is 0 Å².